The van der Waals surface area contributed by atoms with E-state index in [4.69, 9.17) is 10.5 Å². The molecule has 2 N–H and O–H groups in total. The molecular weight excluding hydrogens is 233 g/mol. The van der Waals surface area contributed by atoms with Crippen molar-refractivity contribution in [1.82, 2.24) is 0 Å². The molecule has 3 nitrogen and oxygen atoms in total. The highest BCUT2D eigenvalue weighted by Crippen LogP contribution is 2.18. The van der Waals surface area contributed by atoms with Gasteiger partial charge in [-0.1, -0.05) is 20.3 Å². The second-order valence-corrected chi connectivity index (χ2v) is 4.66. The Labute approximate surface area is 107 Å². The molecule has 0 spiro atoms. The summed E-state index contributed by atoms with van der Waals surface area (Å²) in [6, 6.07) is 2.61. The summed E-state index contributed by atoms with van der Waals surface area (Å²) >= 11 is 0. The van der Waals surface area contributed by atoms with Gasteiger partial charge in [-0.3, -0.25) is 0 Å². The zero-order valence-electron chi connectivity index (χ0n) is 11.1. The fourth-order valence-corrected chi connectivity index (χ4v) is 1.70. The lowest BCUT2D eigenvalue weighted by Crippen LogP contribution is -2.13. The van der Waals surface area contributed by atoms with Crippen LogP contribution in [0.25, 0.3) is 0 Å². The molecule has 0 aromatic heterocycles. The van der Waals surface area contributed by atoms with Gasteiger partial charge in [0.1, 0.15) is 5.82 Å². The van der Waals surface area contributed by atoms with E-state index in [1.54, 1.807) is 6.92 Å². The summed E-state index contributed by atoms with van der Waals surface area (Å²) in [5.41, 5.74) is 6.40. The Morgan fingerprint density at radius 1 is 1.50 bits per heavy atom. The van der Waals surface area contributed by atoms with Gasteiger partial charge in [-0.05, 0) is 31.4 Å². The summed E-state index contributed by atoms with van der Waals surface area (Å²) in [5, 5.41) is 0. The van der Waals surface area contributed by atoms with Crippen molar-refractivity contribution in [3.05, 3.63) is 29.1 Å². The molecule has 0 aliphatic rings. The summed E-state index contributed by atoms with van der Waals surface area (Å²) in [5.74, 6) is -0.696. The van der Waals surface area contributed by atoms with E-state index in [2.05, 4.69) is 6.92 Å². The third-order valence-corrected chi connectivity index (χ3v) is 2.90. The maximum Gasteiger partial charge on any atom is 0.338 e. The number of anilines is 1. The van der Waals surface area contributed by atoms with Crippen LogP contribution in [0, 0.1) is 18.7 Å². The number of halogens is 1. The van der Waals surface area contributed by atoms with Crippen LogP contribution < -0.4 is 5.73 Å². The first-order valence-corrected chi connectivity index (χ1v) is 6.18. The van der Waals surface area contributed by atoms with Gasteiger partial charge >= 0.3 is 5.97 Å². The molecule has 1 unspecified atom stereocenters. The smallest absolute Gasteiger partial charge is 0.338 e. The average molecular weight is 253 g/mol. The SMILES string of the molecule is CCCC(C)COC(=O)c1cc(N)c(C)c(F)c1. The van der Waals surface area contributed by atoms with E-state index < -0.39 is 11.8 Å². The second kappa shape index (κ2) is 6.38. The zero-order valence-corrected chi connectivity index (χ0v) is 11.1. The highest BCUT2D eigenvalue weighted by atomic mass is 19.1. The first-order chi connectivity index (χ1) is 8.45. The van der Waals surface area contributed by atoms with Crippen LogP contribution in [0.2, 0.25) is 0 Å². The minimum Gasteiger partial charge on any atom is -0.462 e. The van der Waals surface area contributed by atoms with Gasteiger partial charge < -0.3 is 10.5 Å². The summed E-state index contributed by atoms with van der Waals surface area (Å²) in [6.45, 7) is 6.01. The maximum absolute atomic E-state index is 13.4. The fraction of sp³-hybridized carbons (Fsp3) is 0.500. The minimum atomic E-state index is -0.524. The summed E-state index contributed by atoms with van der Waals surface area (Å²) < 4.78 is 18.6. The van der Waals surface area contributed by atoms with Gasteiger partial charge in [0.15, 0.2) is 0 Å². The summed E-state index contributed by atoms with van der Waals surface area (Å²) in [7, 11) is 0. The molecule has 0 aliphatic carbocycles. The monoisotopic (exact) mass is 253 g/mol. The van der Waals surface area contributed by atoms with E-state index in [0.717, 1.165) is 12.8 Å². The number of ether oxygens (including phenoxy) is 1. The van der Waals surface area contributed by atoms with Crippen LogP contribution in [0.1, 0.15) is 42.6 Å². The van der Waals surface area contributed by atoms with E-state index in [1.807, 2.05) is 6.92 Å². The molecule has 0 radical (unpaired) electrons. The number of carbonyl (C=O) groups excluding carboxylic acids is 1. The van der Waals surface area contributed by atoms with Crippen molar-refractivity contribution in [2.45, 2.75) is 33.6 Å². The van der Waals surface area contributed by atoms with Gasteiger partial charge in [-0.2, -0.15) is 0 Å². The first kappa shape index (κ1) is 14.5. The zero-order chi connectivity index (χ0) is 13.7. The molecule has 0 amide bonds. The van der Waals surface area contributed by atoms with Gasteiger partial charge in [0, 0.05) is 11.3 Å². The Bertz CT molecular complexity index is 409. The number of rotatable bonds is 5. The van der Waals surface area contributed by atoms with Crippen LogP contribution in [0.5, 0.6) is 0 Å². The standard InChI is InChI=1S/C14H20FNO2/c1-4-5-9(2)8-18-14(17)11-6-12(15)10(3)13(16)7-11/h6-7,9H,4-5,8,16H2,1-3H3. The van der Waals surface area contributed by atoms with E-state index in [-0.39, 0.29) is 11.3 Å². The van der Waals surface area contributed by atoms with E-state index in [1.165, 1.54) is 12.1 Å². The molecule has 0 fully saturated rings. The highest BCUT2D eigenvalue weighted by molar-refractivity contribution is 5.90. The number of hydrogen-bond acceptors (Lipinski definition) is 3. The molecule has 1 aromatic carbocycles. The molecule has 0 saturated heterocycles. The third kappa shape index (κ3) is 3.72. The molecule has 1 aromatic rings. The number of nitrogen functional groups attached to an aromatic ring is 1. The van der Waals surface area contributed by atoms with Crippen molar-refractivity contribution in [3.8, 4) is 0 Å². The molecule has 0 bridgehead atoms. The predicted molar refractivity (Wildman–Crippen MR) is 69.9 cm³/mol. The predicted octanol–water partition coefficient (Wildman–Crippen LogP) is 3.31. The van der Waals surface area contributed by atoms with Crippen LogP contribution in [0.4, 0.5) is 10.1 Å². The number of hydrogen-bond donors (Lipinski definition) is 1. The van der Waals surface area contributed by atoms with Crippen LogP contribution in [-0.2, 0) is 4.74 Å². The first-order valence-electron chi connectivity index (χ1n) is 6.18. The molecule has 4 heteroatoms. The normalized spacial score (nSPS) is 12.2. The molecule has 0 aliphatic heterocycles. The van der Waals surface area contributed by atoms with Gasteiger partial charge in [0.25, 0.3) is 0 Å². The lowest BCUT2D eigenvalue weighted by Gasteiger charge is -2.11. The van der Waals surface area contributed by atoms with Crippen molar-refractivity contribution in [2.75, 3.05) is 12.3 Å². The molecule has 1 atom stereocenters. The second-order valence-electron chi connectivity index (χ2n) is 4.66. The van der Waals surface area contributed by atoms with Crippen LogP contribution in [-0.4, -0.2) is 12.6 Å². The minimum absolute atomic E-state index is 0.166. The molecule has 1 rings (SSSR count). The van der Waals surface area contributed by atoms with Crippen LogP contribution in [0.15, 0.2) is 12.1 Å². The summed E-state index contributed by atoms with van der Waals surface area (Å²) in [4.78, 5) is 11.7. The van der Waals surface area contributed by atoms with Gasteiger partial charge in [-0.25, -0.2) is 9.18 Å². The Morgan fingerprint density at radius 2 is 2.17 bits per heavy atom. The topological polar surface area (TPSA) is 52.3 Å². The van der Waals surface area contributed by atoms with Crippen LogP contribution >= 0.6 is 0 Å². The lowest BCUT2D eigenvalue weighted by molar-refractivity contribution is 0.0443. The Morgan fingerprint density at radius 3 is 2.72 bits per heavy atom. The summed E-state index contributed by atoms with van der Waals surface area (Å²) in [6.07, 6.45) is 2.04. The van der Waals surface area contributed by atoms with Crippen molar-refractivity contribution in [3.63, 3.8) is 0 Å². The van der Waals surface area contributed by atoms with E-state index >= 15 is 0 Å². The van der Waals surface area contributed by atoms with Gasteiger partial charge in [0.2, 0.25) is 0 Å². The fourth-order valence-electron chi connectivity index (χ4n) is 1.70. The number of nitrogens with two attached hydrogens (primary N) is 1. The van der Waals surface area contributed by atoms with Crippen molar-refractivity contribution >= 4 is 11.7 Å². The lowest BCUT2D eigenvalue weighted by atomic mass is 10.1. The molecular formula is C14H20FNO2. The highest BCUT2D eigenvalue weighted by Gasteiger charge is 2.13. The number of benzene rings is 1. The van der Waals surface area contributed by atoms with Gasteiger partial charge in [0.05, 0.1) is 12.2 Å². The van der Waals surface area contributed by atoms with Gasteiger partial charge in [-0.15, -0.1) is 0 Å². The Hall–Kier alpha value is -1.58. The Kier molecular flexibility index (Phi) is 5.13. The quantitative estimate of drug-likeness (QED) is 0.647. The molecule has 0 saturated carbocycles. The van der Waals surface area contributed by atoms with E-state index in [9.17, 15) is 9.18 Å². The third-order valence-electron chi connectivity index (χ3n) is 2.90. The maximum atomic E-state index is 13.4. The number of carbonyl (C=O) groups is 1. The van der Waals surface area contributed by atoms with Crippen molar-refractivity contribution in [1.29, 1.82) is 0 Å². The molecule has 100 valence electrons. The van der Waals surface area contributed by atoms with Crippen LogP contribution in [0.3, 0.4) is 0 Å². The van der Waals surface area contributed by atoms with Crippen molar-refractivity contribution < 1.29 is 13.9 Å². The molecule has 0 heterocycles. The largest absolute Gasteiger partial charge is 0.462 e. The molecule has 18 heavy (non-hydrogen) atoms. The number of esters is 1. The van der Waals surface area contributed by atoms with E-state index in [0.29, 0.717) is 18.1 Å². The van der Waals surface area contributed by atoms with Crippen molar-refractivity contribution in [2.24, 2.45) is 5.92 Å². The average Bonchev–Trinajstić information content (AvgIpc) is 2.32. The Balaban J connectivity index is 2.67.